The van der Waals surface area contributed by atoms with Gasteiger partial charge in [-0.15, -0.1) is 0 Å². The van der Waals surface area contributed by atoms with Gasteiger partial charge in [0.25, 0.3) is 0 Å². The van der Waals surface area contributed by atoms with Gasteiger partial charge in [-0.1, -0.05) is 30.3 Å². The van der Waals surface area contributed by atoms with Crippen LogP contribution in [0.4, 0.5) is 4.79 Å². The van der Waals surface area contributed by atoms with Gasteiger partial charge in [-0.3, -0.25) is 0 Å². The number of hydrogen-bond donors (Lipinski definition) is 1. The lowest BCUT2D eigenvalue weighted by molar-refractivity contribution is 0.141. The minimum Gasteiger partial charge on any atom is -0.444 e. The summed E-state index contributed by atoms with van der Waals surface area (Å²) in [6.45, 7) is 1.88. The van der Waals surface area contributed by atoms with Crippen LogP contribution in [0.3, 0.4) is 0 Å². The number of alkyl carbamates (subject to hydrolysis) is 1. The van der Waals surface area contributed by atoms with Crippen molar-refractivity contribution in [2.75, 3.05) is 0 Å². The lowest BCUT2D eigenvalue weighted by atomic mass is 10.0. The van der Waals surface area contributed by atoms with Gasteiger partial charge in [-0.05, 0) is 12.5 Å². The molecule has 0 aliphatic carbocycles. The number of benzene rings is 1. The van der Waals surface area contributed by atoms with E-state index in [0.29, 0.717) is 0 Å². The van der Waals surface area contributed by atoms with Crippen molar-refractivity contribution in [2.24, 2.45) is 0 Å². The van der Waals surface area contributed by atoms with Gasteiger partial charge in [0, 0.05) is 0 Å². The van der Waals surface area contributed by atoms with E-state index < -0.39 is 0 Å². The molecule has 0 radical (unpaired) electrons. The molecule has 1 aromatic rings. The van der Waals surface area contributed by atoms with Gasteiger partial charge in [0.2, 0.25) is 0 Å². The zero-order valence-electron chi connectivity index (χ0n) is 7.36. The quantitative estimate of drug-likeness (QED) is 0.711. The predicted octanol–water partition coefficient (Wildman–Crippen LogP) is 1.86. The van der Waals surface area contributed by atoms with Gasteiger partial charge in [0.15, 0.2) is 0 Å². The third kappa shape index (κ3) is 1.49. The SMILES string of the molecule is CC1OC(=O)NC1c1ccccc1. The van der Waals surface area contributed by atoms with Crippen LogP contribution in [0.25, 0.3) is 0 Å². The Morgan fingerprint density at radius 3 is 2.54 bits per heavy atom. The number of rotatable bonds is 1. The molecule has 68 valence electrons. The van der Waals surface area contributed by atoms with Crippen LogP contribution in [0.1, 0.15) is 18.5 Å². The molecule has 1 amide bonds. The average molecular weight is 177 g/mol. The second-order valence-electron chi connectivity index (χ2n) is 3.14. The summed E-state index contributed by atoms with van der Waals surface area (Å²) in [4.78, 5) is 10.9. The number of ether oxygens (including phenoxy) is 1. The first-order valence-corrected chi connectivity index (χ1v) is 4.29. The molecule has 1 aromatic carbocycles. The van der Waals surface area contributed by atoms with Crippen LogP contribution >= 0.6 is 0 Å². The van der Waals surface area contributed by atoms with Crippen LogP contribution < -0.4 is 5.32 Å². The number of hydrogen-bond acceptors (Lipinski definition) is 2. The molecule has 1 heterocycles. The second-order valence-corrected chi connectivity index (χ2v) is 3.14. The highest BCUT2D eigenvalue weighted by molar-refractivity contribution is 5.70. The van der Waals surface area contributed by atoms with Gasteiger partial charge in [0.1, 0.15) is 6.10 Å². The fraction of sp³-hybridized carbons (Fsp3) is 0.300. The summed E-state index contributed by atoms with van der Waals surface area (Å²) in [7, 11) is 0. The van der Waals surface area contributed by atoms with Crippen molar-refractivity contribution in [1.82, 2.24) is 5.32 Å². The Kier molecular flexibility index (Phi) is 1.93. The molecule has 1 aliphatic heterocycles. The van der Waals surface area contributed by atoms with Gasteiger partial charge < -0.3 is 10.1 Å². The molecular formula is C10H11NO2. The van der Waals surface area contributed by atoms with E-state index in [0.717, 1.165) is 5.56 Å². The molecule has 1 fully saturated rings. The van der Waals surface area contributed by atoms with E-state index in [4.69, 9.17) is 4.74 Å². The van der Waals surface area contributed by atoms with Crippen LogP contribution in [-0.4, -0.2) is 12.2 Å². The first-order valence-electron chi connectivity index (χ1n) is 4.29. The largest absolute Gasteiger partial charge is 0.444 e. The topological polar surface area (TPSA) is 38.3 Å². The average Bonchev–Trinajstić information content (AvgIpc) is 2.47. The second kappa shape index (κ2) is 3.09. The van der Waals surface area contributed by atoms with E-state index >= 15 is 0 Å². The number of cyclic esters (lactones) is 1. The zero-order valence-corrected chi connectivity index (χ0v) is 7.36. The van der Waals surface area contributed by atoms with Crippen molar-refractivity contribution in [3.05, 3.63) is 35.9 Å². The van der Waals surface area contributed by atoms with E-state index in [9.17, 15) is 4.79 Å². The summed E-state index contributed by atoms with van der Waals surface area (Å²) < 4.78 is 4.98. The smallest absolute Gasteiger partial charge is 0.408 e. The molecule has 3 heteroatoms. The molecule has 2 unspecified atom stereocenters. The van der Waals surface area contributed by atoms with Crippen molar-refractivity contribution in [2.45, 2.75) is 19.1 Å². The molecule has 0 bridgehead atoms. The summed E-state index contributed by atoms with van der Waals surface area (Å²) in [5.41, 5.74) is 1.08. The van der Waals surface area contributed by atoms with Crippen LogP contribution in [0.5, 0.6) is 0 Å². The maximum atomic E-state index is 10.9. The van der Waals surface area contributed by atoms with Crippen LogP contribution in [0.2, 0.25) is 0 Å². The maximum Gasteiger partial charge on any atom is 0.408 e. The Hall–Kier alpha value is -1.51. The van der Waals surface area contributed by atoms with Crippen molar-refractivity contribution in [1.29, 1.82) is 0 Å². The van der Waals surface area contributed by atoms with E-state index in [2.05, 4.69) is 5.32 Å². The van der Waals surface area contributed by atoms with Gasteiger partial charge >= 0.3 is 6.09 Å². The normalized spacial score (nSPS) is 26.7. The third-order valence-electron chi connectivity index (χ3n) is 2.19. The first-order chi connectivity index (χ1) is 6.27. The standard InChI is InChI=1S/C10H11NO2/c1-7-9(11-10(12)13-7)8-5-3-2-4-6-8/h2-7,9H,1H3,(H,11,12). The third-order valence-corrected chi connectivity index (χ3v) is 2.19. The van der Waals surface area contributed by atoms with Crippen LogP contribution in [-0.2, 0) is 4.74 Å². The first kappa shape index (κ1) is 8.10. The number of carbonyl (C=O) groups excluding carboxylic acids is 1. The number of nitrogens with one attached hydrogen (secondary N) is 1. The Bertz CT molecular complexity index is 310. The van der Waals surface area contributed by atoms with E-state index in [1.165, 1.54) is 0 Å². The fourth-order valence-corrected chi connectivity index (χ4v) is 1.53. The Morgan fingerprint density at radius 1 is 1.31 bits per heavy atom. The summed E-state index contributed by atoms with van der Waals surface area (Å²) in [5.74, 6) is 0. The molecule has 1 aliphatic rings. The zero-order chi connectivity index (χ0) is 9.26. The van der Waals surface area contributed by atoms with Crippen molar-refractivity contribution in [3.8, 4) is 0 Å². The highest BCUT2D eigenvalue weighted by atomic mass is 16.6. The summed E-state index contributed by atoms with van der Waals surface area (Å²) in [6, 6.07) is 9.81. The van der Waals surface area contributed by atoms with E-state index in [1.54, 1.807) is 0 Å². The molecule has 1 N–H and O–H groups in total. The van der Waals surface area contributed by atoms with Gasteiger partial charge in [-0.25, -0.2) is 4.79 Å². The van der Waals surface area contributed by atoms with Gasteiger partial charge in [0.05, 0.1) is 6.04 Å². The molecule has 0 aromatic heterocycles. The van der Waals surface area contributed by atoms with Crippen LogP contribution in [0, 0.1) is 0 Å². The monoisotopic (exact) mass is 177 g/mol. The summed E-state index contributed by atoms with van der Waals surface area (Å²) in [5, 5.41) is 2.76. The summed E-state index contributed by atoms with van der Waals surface area (Å²) >= 11 is 0. The molecule has 2 atom stereocenters. The molecule has 0 spiro atoms. The molecule has 0 saturated carbocycles. The lowest BCUT2D eigenvalue weighted by Crippen LogP contribution is -2.20. The van der Waals surface area contributed by atoms with E-state index in [1.807, 2.05) is 37.3 Å². The Morgan fingerprint density at radius 2 is 2.00 bits per heavy atom. The highest BCUT2D eigenvalue weighted by Crippen LogP contribution is 2.23. The van der Waals surface area contributed by atoms with Gasteiger partial charge in [-0.2, -0.15) is 0 Å². The maximum absolute atomic E-state index is 10.9. The lowest BCUT2D eigenvalue weighted by Gasteiger charge is -2.12. The highest BCUT2D eigenvalue weighted by Gasteiger charge is 2.31. The van der Waals surface area contributed by atoms with Crippen molar-refractivity contribution >= 4 is 6.09 Å². The minimum atomic E-state index is -0.332. The Balaban J connectivity index is 2.23. The van der Waals surface area contributed by atoms with Crippen molar-refractivity contribution in [3.63, 3.8) is 0 Å². The van der Waals surface area contributed by atoms with Crippen molar-refractivity contribution < 1.29 is 9.53 Å². The number of carbonyl (C=O) groups is 1. The number of amides is 1. The van der Waals surface area contributed by atoms with Crippen LogP contribution in [0.15, 0.2) is 30.3 Å². The Labute approximate surface area is 76.7 Å². The fourth-order valence-electron chi connectivity index (χ4n) is 1.53. The summed E-state index contributed by atoms with van der Waals surface area (Å²) in [6.07, 6.45) is -0.420. The van der Waals surface area contributed by atoms with E-state index in [-0.39, 0.29) is 18.2 Å². The predicted molar refractivity (Wildman–Crippen MR) is 48.3 cm³/mol. The molecule has 3 nitrogen and oxygen atoms in total. The molecule has 13 heavy (non-hydrogen) atoms. The molecular weight excluding hydrogens is 166 g/mol. The molecule has 2 rings (SSSR count). The minimum absolute atomic E-state index is 0.00583. The molecule has 1 saturated heterocycles.